The van der Waals surface area contributed by atoms with E-state index in [2.05, 4.69) is 0 Å². The van der Waals surface area contributed by atoms with Crippen molar-refractivity contribution in [1.29, 1.82) is 0 Å². The first kappa shape index (κ1) is 9.54. The van der Waals surface area contributed by atoms with Gasteiger partial charge in [-0.1, -0.05) is 6.92 Å². The van der Waals surface area contributed by atoms with E-state index in [9.17, 15) is 4.79 Å². The number of ether oxygens (including phenoxy) is 1. The number of esters is 1. The van der Waals surface area contributed by atoms with Crippen molar-refractivity contribution in [2.24, 2.45) is 11.8 Å². The van der Waals surface area contributed by atoms with E-state index < -0.39 is 7.12 Å². The molecule has 0 amide bonds. The fraction of sp³-hybridized carbons (Fsp3) is 0.857. The van der Waals surface area contributed by atoms with Gasteiger partial charge in [-0.25, -0.2) is 0 Å². The number of carbonyl (C=O) groups is 1. The first-order valence-corrected chi connectivity index (χ1v) is 4.12. The van der Waals surface area contributed by atoms with Crippen LogP contribution in [0.25, 0.3) is 0 Å². The van der Waals surface area contributed by atoms with E-state index in [1.165, 1.54) is 0 Å². The average Bonchev–Trinajstić information content (AvgIpc) is 2.62. The predicted molar refractivity (Wildman–Crippen MR) is 43.2 cm³/mol. The van der Waals surface area contributed by atoms with Gasteiger partial charge in [-0.3, -0.25) is 4.79 Å². The molecular formula is C7H13BO4. The van der Waals surface area contributed by atoms with Gasteiger partial charge in [0.25, 0.3) is 0 Å². The molecule has 4 nitrogen and oxygen atoms in total. The van der Waals surface area contributed by atoms with Crippen LogP contribution >= 0.6 is 0 Å². The smallest absolute Gasteiger partial charge is 0.455 e. The molecule has 1 aliphatic carbocycles. The van der Waals surface area contributed by atoms with Crippen molar-refractivity contribution in [3.8, 4) is 0 Å². The van der Waals surface area contributed by atoms with Crippen LogP contribution in [0.1, 0.15) is 13.8 Å². The molecule has 2 N–H and O–H groups in total. The van der Waals surface area contributed by atoms with Crippen molar-refractivity contribution in [2.75, 3.05) is 6.61 Å². The minimum Gasteiger partial charge on any atom is -0.466 e. The lowest BCUT2D eigenvalue weighted by molar-refractivity contribution is -0.145. The minimum absolute atomic E-state index is 0.0315. The Balaban J connectivity index is 2.42. The second kappa shape index (κ2) is 3.45. The Morgan fingerprint density at radius 1 is 1.58 bits per heavy atom. The summed E-state index contributed by atoms with van der Waals surface area (Å²) in [5, 5.41) is 17.6. The molecule has 5 heteroatoms. The van der Waals surface area contributed by atoms with E-state index in [0.717, 1.165) is 0 Å². The van der Waals surface area contributed by atoms with Crippen LogP contribution in [0.4, 0.5) is 0 Å². The molecule has 0 aliphatic heterocycles. The molecule has 68 valence electrons. The van der Waals surface area contributed by atoms with Gasteiger partial charge in [-0.05, 0) is 12.8 Å². The lowest BCUT2D eigenvalue weighted by Crippen LogP contribution is -2.15. The molecule has 0 bridgehead atoms. The van der Waals surface area contributed by atoms with Gasteiger partial charge in [0.2, 0.25) is 0 Å². The van der Waals surface area contributed by atoms with E-state index in [4.69, 9.17) is 14.8 Å². The lowest BCUT2D eigenvalue weighted by Gasteiger charge is -1.99. The molecule has 1 fully saturated rings. The summed E-state index contributed by atoms with van der Waals surface area (Å²) in [5.74, 6) is -0.929. The fourth-order valence-corrected chi connectivity index (χ4v) is 1.56. The standard InChI is InChI=1S/C7H13BO4/c1-3-12-7(9)5-4(2)6(5)8(10)11/h4-6,10-11H,3H2,1-2H3/t4-,5+,6+/m0/s1. The summed E-state index contributed by atoms with van der Waals surface area (Å²) >= 11 is 0. The molecule has 0 heterocycles. The topological polar surface area (TPSA) is 66.8 Å². The maximum atomic E-state index is 11.1. The molecule has 0 aromatic heterocycles. The third-order valence-corrected chi connectivity index (χ3v) is 2.35. The van der Waals surface area contributed by atoms with Crippen molar-refractivity contribution < 1.29 is 19.6 Å². The maximum Gasteiger partial charge on any atom is 0.455 e. The van der Waals surface area contributed by atoms with Gasteiger partial charge in [-0.2, -0.15) is 0 Å². The van der Waals surface area contributed by atoms with E-state index >= 15 is 0 Å². The Kier molecular flexibility index (Phi) is 2.74. The number of carbonyl (C=O) groups excluding carboxylic acids is 1. The van der Waals surface area contributed by atoms with Crippen LogP contribution in [0.15, 0.2) is 0 Å². The monoisotopic (exact) mass is 172 g/mol. The number of rotatable bonds is 3. The van der Waals surface area contributed by atoms with E-state index in [1.807, 2.05) is 6.92 Å². The molecule has 0 saturated heterocycles. The summed E-state index contributed by atoms with van der Waals surface area (Å²) in [6, 6.07) is 0. The fourth-order valence-electron chi connectivity index (χ4n) is 1.56. The molecule has 1 saturated carbocycles. The Labute approximate surface area is 71.7 Å². The van der Waals surface area contributed by atoms with Crippen molar-refractivity contribution >= 4 is 13.1 Å². The van der Waals surface area contributed by atoms with Gasteiger partial charge in [0, 0.05) is 5.82 Å². The van der Waals surface area contributed by atoms with Gasteiger partial charge in [0.1, 0.15) is 0 Å². The molecule has 1 rings (SSSR count). The second-order valence-electron chi connectivity index (χ2n) is 3.13. The van der Waals surface area contributed by atoms with Crippen LogP contribution in [0.2, 0.25) is 5.82 Å². The molecule has 0 unspecified atom stereocenters. The van der Waals surface area contributed by atoms with Crippen molar-refractivity contribution in [2.45, 2.75) is 19.7 Å². The molecule has 0 spiro atoms. The van der Waals surface area contributed by atoms with E-state index in [1.54, 1.807) is 6.92 Å². The molecule has 0 aromatic carbocycles. The van der Waals surface area contributed by atoms with Crippen LogP contribution < -0.4 is 0 Å². The minimum atomic E-state index is -1.39. The Bertz CT molecular complexity index is 182. The maximum absolute atomic E-state index is 11.1. The van der Waals surface area contributed by atoms with E-state index in [-0.39, 0.29) is 23.6 Å². The van der Waals surface area contributed by atoms with Gasteiger partial charge in [0.05, 0.1) is 12.5 Å². The Morgan fingerprint density at radius 3 is 2.50 bits per heavy atom. The highest BCUT2D eigenvalue weighted by Crippen LogP contribution is 2.53. The third kappa shape index (κ3) is 1.62. The predicted octanol–water partition coefficient (Wildman–Crippen LogP) is -0.342. The van der Waals surface area contributed by atoms with Crippen LogP contribution in [0, 0.1) is 11.8 Å². The summed E-state index contributed by atoms with van der Waals surface area (Å²) < 4.78 is 4.76. The largest absolute Gasteiger partial charge is 0.466 e. The average molecular weight is 172 g/mol. The SMILES string of the molecule is CCOC(=O)[C@@H]1[C@H](C)[C@H]1B(O)O. The summed E-state index contributed by atoms with van der Waals surface area (Å²) in [6.07, 6.45) is 0. The first-order chi connectivity index (χ1) is 5.59. The third-order valence-electron chi connectivity index (χ3n) is 2.35. The Hall–Kier alpha value is -0.545. The highest BCUT2D eigenvalue weighted by molar-refractivity contribution is 6.45. The van der Waals surface area contributed by atoms with Gasteiger partial charge < -0.3 is 14.8 Å². The Morgan fingerprint density at radius 2 is 2.17 bits per heavy atom. The molecule has 0 radical (unpaired) electrons. The van der Waals surface area contributed by atoms with Crippen LogP contribution in [-0.4, -0.2) is 29.7 Å². The quantitative estimate of drug-likeness (QED) is 0.451. The molecule has 12 heavy (non-hydrogen) atoms. The highest BCUT2D eigenvalue weighted by atomic mass is 16.5. The molecular weight excluding hydrogens is 159 g/mol. The van der Waals surface area contributed by atoms with Crippen molar-refractivity contribution in [1.82, 2.24) is 0 Å². The zero-order valence-electron chi connectivity index (χ0n) is 7.23. The normalized spacial score (nSPS) is 32.8. The van der Waals surface area contributed by atoms with Gasteiger partial charge in [0.15, 0.2) is 0 Å². The van der Waals surface area contributed by atoms with Crippen molar-refractivity contribution in [3.63, 3.8) is 0 Å². The second-order valence-corrected chi connectivity index (χ2v) is 3.13. The van der Waals surface area contributed by atoms with Crippen LogP contribution in [-0.2, 0) is 9.53 Å². The summed E-state index contributed by atoms with van der Waals surface area (Å²) in [7, 11) is -1.39. The van der Waals surface area contributed by atoms with Crippen LogP contribution in [0.3, 0.4) is 0 Å². The zero-order chi connectivity index (χ0) is 9.30. The molecule has 3 atom stereocenters. The molecule has 0 aromatic rings. The first-order valence-electron chi connectivity index (χ1n) is 4.12. The molecule has 1 aliphatic rings. The summed E-state index contributed by atoms with van der Waals surface area (Å²) in [5.41, 5.74) is 0. The lowest BCUT2D eigenvalue weighted by atomic mass is 9.81. The van der Waals surface area contributed by atoms with Crippen LogP contribution in [0.5, 0.6) is 0 Å². The van der Waals surface area contributed by atoms with Crippen molar-refractivity contribution in [3.05, 3.63) is 0 Å². The number of hydrogen-bond acceptors (Lipinski definition) is 4. The van der Waals surface area contributed by atoms with Gasteiger partial charge in [-0.15, -0.1) is 0 Å². The van der Waals surface area contributed by atoms with Gasteiger partial charge >= 0.3 is 13.1 Å². The summed E-state index contributed by atoms with van der Waals surface area (Å²) in [6.45, 7) is 3.89. The number of hydrogen-bond donors (Lipinski definition) is 2. The highest BCUT2D eigenvalue weighted by Gasteiger charge is 2.58. The van der Waals surface area contributed by atoms with E-state index in [0.29, 0.717) is 6.61 Å². The zero-order valence-corrected chi connectivity index (χ0v) is 7.23. The summed E-state index contributed by atoms with van der Waals surface area (Å²) in [4.78, 5) is 11.1.